The van der Waals surface area contributed by atoms with Gasteiger partial charge in [-0.15, -0.1) is 0 Å². The first-order chi connectivity index (χ1) is 7.85. The van der Waals surface area contributed by atoms with Gasteiger partial charge in [0.15, 0.2) is 0 Å². The van der Waals surface area contributed by atoms with Gasteiger partial charge in [0.1, 0.15) is 0 Å². The molecule has 0 aromatic carbocycles. The summed E-state index contributed by atoms with van der Waals surface area (Å²) in [5.41, 5.74) is 1.02. The summed E-state index contributed by atoms with van der Waals surface area (Å²) in [4.78, 5) is 1.81. The summed E-state index contributed by atoms with van der Waals surface area (Å²) in [7, 11) is 1.54. The van der Waals surface area contributed by atoms with E-state index in [0.29, 0.717) is 32.7 Å². The molecule has 0 amide bonds. The van der Waals surface area contributed by atoms with Crippen molar-refractivity contribution in [2.24, 2.45) is 5.73 Å². The molecular weight excluding hydrogens is 255 g/mol. The van der Waals surface area contributed by atoms with Gasteiger partial charge in [0.25, 0.3) is 0 Å². The van der Waals surface area contributed by atoms with Crippen molar-refractivity contribution in [1.82, 2.24) is 4.90 Å². The maximum atomic E-state index is 11.9. The first kappa shape index (κ1) is 16.5. The molecule has 0 rings (SSSR count). The van der Waals surface area contributed by atoms with Crippen LogP contribution in [0.2, 0.25) is 0 Å². The zero-order valence-corrected chi connectivity index (χ0v) is 10.5. The van der Waals surface area contributed by atoms with Crippen molar-refractivity contribution < 1.29 is 17.9 Å². The summed E-state index contributed by atoms with van der Waals surface area (Å²) in [5, 5.41) is 7.08. The van der Waals surface area contributed by atoms with Gasteiger partial charge < -0.3 is 10.5 Å². The predicted molar refractivity (Wildman–Crippen MR) is 63.4 cm³/mol. The Bertz CT molecular complexity index is 226. The van der Waals surface area contributed by atoms with Gasteiger partial charge in [0, 0.05) is 38.9 Å². The van der Waals surface area contributed by atoms with Crippen LogP contribution in [0.15, 0.2) is 0 Å². The number of hydrogen-bond acceptors (Lipinski definition) is 4. The van der Waals surface area contributed by atoms with E-state index >= 15 is 0 Å². The van der Waals surface area contributed by atoms with Crippen LogP contribution in [0.1, 0.15) is 6.42 Å². The molecule has 17 heavy (non-hydrogen) atoms. The highest BCUT2D eigenvalue weighted by Crippen LogP contribution is 2.29. The Morgan fingerprint density at radius 1 is 1.35 bits per heavy atom. The highest BCUT2D eigenvalue weighted by Gasteiger charge is 2.27. The van der Waals surface area contributed by atoms with Gasteiger partial charge in [-0.25, -0.2) is 0 Å². The summed E-state index contributed by atoms with van der Waals surface area (Å²) >= 11 is -0.0378. The van der Waals surface area contributed by atoms with Crippen LogP contribution in [0, 0.1) is 5.41 Å². The molecule has 0 aromatic rings. The average molecular weight is 273 g/mol. The molecule has 0 unspecified atom stereocenters. The van der Waals surface area contributed by atoms with Crippen LogP contribution in [-0.2, 0) is 4.74 Å². The molecular formula is C9H18F3N3OS. The van der Waals surface area contributed by atoms with Crippen molar-refractivity contribution in [3.63, 3.8) is 0 Å². The number of nitrogens with one attached hydrogen (secondary N) is 1. The van der Waals surface area contributed by atoms with Crippen molar-refractivity contribution in [2.45, 2.75) is 11.9 Å². The van der Waals surface area contributed by atoms with Crippen LogP contribution in [0.25, 0.3) is 0 Å². The number of nitrogens with two attached hydrogens (primary N) is 1. The Morgan fingerprint density at radius 2 is 2.00 bits per heavy atom. The highest BCUT2D eigenvalue weighted by molar-refractivity contribution is 8.00. The zero-order valence-electron chi connectivity index (χ0n) is 9.72. The van der Waals surface area contributed by atoms with E-state index in [1.807, 2.05) is 4.90 Å². The van der Waals surface area contributed by atoms with E-state index in [4.69, 9.17) is 15.9 Å². The summed E-state index contributed by atoms with van der Waals surface area (Å²) in [6, 6.07) is 0. The van der Waals surface area contributed by atoms with Crippen molar-refractivity contribution in [1.29, 1.82) is 5.41 Å². The maximum Gasteiger partial charge on any atom is 0.441 e. The van der Waals surface area contributed by atoms with Gasteiger partial charge in [0.05, 0.1) is 12.4 Å². The molecule has 0 aromatic heterocycles. The molecule has 0 atom stereocenters. The van der Waals surface area contributed by atoms with Crippen molar-refractivity contribution >= 4 is 17.6 Å². The third kappa shape index (κ3) is 11.8. The van der Waals surface area contributed by atoms with Crippen LogP contribution >= 0.6 is 11.8 Å². The second kappa shape index (κ2) is 8.60. The summed E-state index contributed by atoms with van der Waals surface area (Å²) in [6.07, 6.45) is 0.362. The number of halogens is 3. The van der Waals surface area contributed by atoms with Crippen molar-refractivity contribution in [3.8, 4) is 0 Å². The lowest BCUT2D eigenvalue weighted by atomic mass is 10.3. The summed E-state index contributed by atoms with van der Waals surface area (Å²) in [5.74, 6) is 0.0152. The van der Waals surface area contributed by atoms with Crippen LogP contribution < -0.4 is 5.73 Å². The third-order valence-electron chi connectivity index (χ3n) is 1.98. The number of hydrogen-bond donors (Lipinski definition) is 2. The number of methoxy groups -OCH3 is 1. The van der Waals surface area contributed by atoms with Gasteiger partial charge in [0.2, 0.25) is 0 Å². The Morgan fingerprint density at radius 3 is 2.47 bits per heavy atom. The lowest BCUT2D eigenvalue weighted by molar-refractivity contribution is -0.0328. The molecule has 0 radical (unpaired) electrons. The van der Waals surface area contributed by atoms with E-state index in [0.717, 1.165) is 0 Å². The Labute approximate surface area is 103 Å². The van der Waals surface area contributed by atoms with Gasteiger partial charge in [-0.1, -0.05) is 0 Å². The topological polar surface area (TPSA) is 62.3 Å². The van der Waals surface area contributed by atoms with Gasteiger partial charge >= 0.3 is 5.51 Å². The van der Waals surface area contributed by atoms with E-state index in [2.05, 4.69) is 0 Å². The number of amidine groups is 1. The van der Waals surface area contributed by atoms with E-state index in [1.54, 1.807) is 0 Å². The fourth-order valence-electron chi connectivity index (χ4n) is 1.12. The molecule has 4 nitrogen and oxygen atoms in total. The third-order valence-corrected chi connectivity index (χ3v) is 2.70. The van der Waals surface area contributed by atoms with E-state index in [9.17, 15) is 13.2 Å². The molecule has 0 aliphatic carbocycles. The number of thioether (sulfide) groups is 1. The Balaban J connectivity index is 3.88. The van der Waals surface area contributed by atoms with Crippen molar-refractivity contribution in [2.75, 3.05) is 39.1 Å². The number of rotatable bonds is 9. The second-order valence-electron chi connectivity index (χ2n) is 3.40. The smallest absolute Gasteiger partial charge is 0.388 e. The molecule has 0 aliphatic rings. The van der Waals surface area contributed by atoms with E-state index in [-0.39, 0.29) is 23.4 Å². The van der Waals surface area contributed by atoms with Crippen LogP contribution in [0.4, 0.5) is 13.2 Å². The largest absolute Gasteiger partial charge is 0.441 e. The molecule has 0 fully saturated rings. The van der Waals surface area contributed by atoms with Gasteiger partial charge in [-0.2, -0.15) is 13.2 Å². The Hall–Kier alpha value is -0.470. The lowest BCUT2D eigenvalue weighted by Gasteiger charge is -2.21. The lowest BCUT2D eigenvalue weighted by Crippen LogP contribution is -2.33. The molecule has 8 heteroatoms. The van der Waals surface area contributed by atoms with E-state index in [1.165, 1.54) is 7.11 Å². The number of ether oxygens (including phenoxy) is 1. The molecule has 0 saturated carbocycles. The minimum Gasteiger partial charge on any atom is -0.388 e. The fourth-order valence-corrected chi connectivity index (χ4v) is 1.71. The average Bonchev–Trinajstić information content (AvgIpc) is 2.19. The monoisotopic (exact) mass is 273 g/mol. The molecule has 0 saturated heterocycles. The quantitative estimate of drug-likeness (QED) is 0.494. The highest BCUT2D eigenvalue weighted by atomic mass is 32.2. The second-order valence-corrected chi connectivity index (χ2v) is 4.56. The zero-order chi connectivity index (χ0) is 13.3. The minimum absolute atomic E-state index is 0.0227. The van der Waals surface area contributed by atoms with Crippen LogP contribution in [-0.4, -0.2) is 55.3 Å². The SMILES string of the molecule is COCCN(CCSC(F)(F)F)CCC(=N)N. The van der Waals surface area contributed by atoms with Crippen LogP contribution in [0.5, 0.6) is 0 Å². The standard InChI is InChI=1S/C9H18F3N3OS/c1-16-6-4-15(3-2-8(13)14)5-7-17-9(10,11)12/h2-7H2,1H3,(H3,13,14). The fraction of sp³-hybridized carbons (Fsp3) is 0.889. The van der Waals surface area contributed by atoms with Crippen molar-refractivity contribution in [3.05, 3.63) is 0 Å². The molecule has 0 bridgehead atoms. The van der Waals surface area contributed by atoms with E-state index < -0.39 is 5.51 Å². The molecule has 3 N–H and O–H groups in total. The first-order valence-electron chi connectivity index (χ1n) is 5.10. The molecule has 102 valence electrons. The Kier molecular flexibility index (Phi) is 8.36. The molecule has 0 aliphatic heterocycles. The first-order valence-corrected chi connectivity index (χ1v) is 6.08. The van der Waals surface area contributed by atoms with Gasteiger partial charge in [-0.3, -0.25) is 10.3 Å². The van der Waals surface area contributed by atoms with Gasteiger partial charge in [-0.05, 0) is 11.8 Å². The predicted octanol–water partition coefficient (Wildman–Crippen LogP) is 1.51. The maximum absolute atomic E-state index is 11.9. The number of nitrogens with zero attached hydrogens (tertiary/aromatic N) is 1. The van der Waals surface area contributed by atoms with Crippen LogP contribution in [0.3, 0.4) is 0 Å². The summed E-state index contributed by atoms with van der Waals surface area (Å²) < 4.78 is 40.7. The molecule has 0 spiro atoms. The number of alkyl halides is 3. The normalized spacial score (nSPS) is 12.1. The minimum atomic E-state index is -4.19. The molecule has 0 heterocycles. The summed E-state index contributed by atoms with van der Waals surface area (Å²) in [6.45, 7) is 1.79.